The largest absolute Gasteiger partial charge is 0.355 e. The fourth-order valence-corrected chi connectivity index (χ4v) is 0.669. The fraction of sp³-hybridized carbons (Fsp3) is 0.875. The molecule has 0 aromatic heterocycles. The summed E-state index contributed by atoms with van der Waals surface area (Å²) in [6.45, 7) is 6.62. The van der Waals surface area contributed by atoms with Crippen molar-refractivity contribution in [1.29, 1.82) is 0 Å². The summed E-state index contributed by atoms with van der Waals surface area (Å²) in [5.41, 5.74) is 5.59. The zero-order valence-corrected chi connectivity index (χ0v) is 7.55. The molecular weight excluding hydrogens is 140 g/mol. The molecule has 0 rings (SSSR count). The van der Waals surface area contributed by atoms with Crippen LogP contribution in [-0.2, 0) is 4.79 Å². The monoisotopic (exact) mass is 158 g/mol. The maximum absolute atomic E-state index is 11.1. The second-order valence-corrected chi connectivity index (χ2v) is 3.06. The summed E-state index contributed by atoms with van der Waals surface area (Å²) in [6.07, 6.45) is 0.955. The lowest BCUT2D eigenvalue weighted by Gasteiger charge is -2.14. The highest BCUT2D eigenvalue weighted by molar-refractivity contribution is 5.81. The first kappa shape index (κ1) is 10.4. The third-order valence-electron chi connectivity index (χ3n) is 1.57. The number of nitrogens with two attached hydrogens (primary N) is 1. The van der Waals surface area contributed by atoms with Crippen LogP contribution in [0.1, 0.15) is 27.2 Å². The molecule has 1 atom stereocenters. The van der Waals surface area contributed by atoms with E-state index in [-0.39, 0.29) is 17.9 Å². The van der Waals surface area contributed by atoms with Crippen LogP contribution >= 0.6 is 0 Å². The van der Waals surface area contributed by atoms with E-state index in [2.05, 4.69) is 5.32 Å². The number of rotatable bonds is 4. The van der Waals surface area contributed by atoms with Gasteiger partial charge in [0.2, 0.25) is 5.91 Å². The van der Waals surface area contributed by atoms with Gasteiger partial charge in [0.15, 0.2) is 0 Å². The molecule has 0 aliphatic heterocycles. The lowest BCUT2D eigenvalue weighted by Crippen LogP contribution is -2.44. The van der Waals surface area contributed by atoms with Crippen LogP contribution in [0.2, 0.25) is 0 Å². The lowest BCUT2D eigenvalue weighted by atomic mass is 10.1. The van der Waals surface area contributed by atoms with Crippen molar-refractivity contribution in [2.45, 2.75) is 33.2 Å². The van der Waals surface area contributed by atoms with Crippen molar-refractivity contribution in [2.75, 3.05) is 6.54 Å². The molecule has 66 valence electrons. The molecule has 0 radical (unpaired) electrons. The molecule has 0 aromatic carbocycles. The molecule has 0 aliphatic rings. The van der Waals surface area contributed by atoms with Gasteiger partial charge < -0.3 is 11.1 Å². The molecular formula is C8H18N2O. The molecule has 3 nitrogen and oxygen atoms in total. The molecule has 3 N–H and O–H groups in total. The van der Waals surface area contributed by atoms with E-state index in [1.54, 1.807) is 0 Å². The summed E-state index contributed by atoms with van der Waals surface area (Å²) in [6, 6.07) is -0.360. The van der Waals surface area contributed by atoms with E-state index in [0.717, 1.165) is 13.0 Å². The van der Waals surface area contributed by atoms with Gasteiger partial charge in [-0.05, 0) is 12.3 Å². The standard InChI is InChI=1S/C8H18N2O/c1-4-5-10-8(11)7(9)6(2)3/h6-7H,4-5,9H2,1-3H3,(H,10,11). The average Bonchev–Trinajstić information content (AvgIpc) is 1.98. The average molecular weight is 158 g/mol. The first-order valence-corrected chi connectivity index (χ1v) is 4.12. The molecule has 0 saturated heterocycles. The number of nitrogens with one attached hydrogen (secondary N) is 1. The van der Waals surface area contributed by atoms with Crippen molar-refractivity contribution < 1.29 is 4.79 Å². The molecule has 0 saturated carbocycles. The summed E-state index contributed by atoms with van der Waals surface area (Å²) >= 11 is 0. The second-order valence-electron chi connectivity index (χ2n) is 3.06. The Kier molecular flexibility index (Phi) is 4.86. The minimum absolute atomic E-state index is 0.0400. The van der Waals surface area contributed by atoms with Crippen LogP contribution in [0, 0.1) is 5.92 Å². The first-order chi connectivity index (χ1) is 5.09. The highest BCUT2D eigenvalue weighted by atomic mass is 16.2. The highest BCUT2D eigenvalue weighted by Crippen LogP contribution is 1.97. The summed E-state index contributed by atoms with van der Waals surface area (Å²) in [7, 11) is 0. The van der Waals surface area contributed by atoms with Gasteiger partial charge in [-0.15, -0.1) is 0 Å². The van der Waals surface area contributed by atoms with E-state index in [9.17, 15) is 4.79 Å². The molecule has 3 heteroatoms. The molecule has 0 heterocycles. The van der Waals surface area contributed by atoms with Crippen molar-refractivity contribution in [3.8, 4) is 0 Å². The molecule has 0 fully saturated rings. The van der Waals surface area contributed by atoms with Crippen LogP contribution in [0.15, 0.2) is 0 Å². The van der Waals surface area contributed by atoms with Crippen molar-refractivity contribution in [3.63, 3.8) is 0 Å². The zero-order chi connectivity index (χ0) is 8.85. The van der Waals surface area contributed by atoms with Gasteiger partial charge in [0, 0.05) is 6.54 Å². The fourth-order valence-electron chi connectivity index (χ4n) is 0.669. The van der Waals surface area contributed by atoms with Crippen LogP contribution in [0.3, 0.4) is 0 Å². The van der Waals surface area contributed by atoms with E-state index in [0.29, 0.717) is 0 Å². The predicted octanol–water partition coefficient (Wildman–Crippen LogP) is 0.496. The number of hydrogen-bond donors (Lipinski definition) is 2. The maximum atomic E-state index is 11.1. The zero-order valence-electron chi connectivity index (χ0n) is 7.55. The highest BCUT2D eigenvalue weighted by Gasteiger charge is 2.15. The Morgan fingerprint density at radius 2 is 2.09 bits per heavy atom. The molecule has 0 spiro atoms. The van der Waals surface area contributed by atoms with E-state index in [1.165, 1.54) is 0 Å². The van der Waals surface area contributed by atoms with Crippen LogP contribution in [0.5, 0.6) is 0 Å². The third-order valence-corrected chi connectivity index (χ3v) is 1.57. The molecule has 0 aliphatic carbocycles. The van der Waals surface area contributed by atoms with Gasteiger partial charge in [0.25, 0.3) is 0 Å². The molecule has 11 heavy (non-hydrogen) atoms. The quantitative estimate of drug-likeness (QED) is 0.626. The Labute approximate surface area is 68.3 Å². The minimum Gasteiger partial charge on any atom is -0.355 e. The van der Waals surface area contributed by atoms with Gasteiger partial charge in [-0.1, -0.05) is 20.8 Å². The van der Waals surface area contributed by atoms with Gasteiger partial charge in [0.05, 0.1) is 6.04 Å². The third kappa shape index (κ3) is 3.98. The normalized spacial score (nSPS) is 13.2. The molecule has 0 aromatic rings. The summed E-state index contributed by atoms with van der Waals surface area (Å²) < 4.78 is 0. The number of amides is 1. The van der Waals surface area contributed by atoms with Crippen LogP contribution in [0.25, 0.3) is 0 Å². The van der Waals surface area contributed by atoms with E-state index < -0.39 is 0 Å². The van der Waals surface area contributed by atoms with Crippen molar-refractivity contribution in [1.82, 2.24) is 5.32 Å². The van der Waals surface area contributed by atoms with E-state index in [1.807, 2.05) is 20.8 Å². The van der Waals surface area contributed by atoms with Gasteiger partial charge in [-0.25, -0.2) is 0 Å². The van der Waals surface area contributed by atoms with Crippen molar-refractivity contribution in [2.24, 2.45) is 11.7 Å². The second kappa shape index (κ2) is 5.13. The SMILES string of the molecule is CCCNC(=O)C(N)C(C)C. The van der Waals surface area contributed by atoms with E-state index in [4.69, 9.17) is 5.73 Å². The number of carbonyl (C=O) groups excluding carboxylic acids is 1. The number of carbonyl (C=O) groups is 1. The topological polar surface area (TPSA) is 55.1 Å². The van der Waals surface area contributed by atoms with Crippen LogP contribution < -0.4 is 11.1 Å². The lowest BCUT2D eigenvalue weighted by molar-refractivity contribution is -0.123. The summed E-state index contributed by atoms with van der Waals surface area (Å²) in [4.78, 5) is 11.1. The molecule has 1 amide bonds. The minimum atomic E-state index is -0.360. The Hall–Kier alpha value is -0.570. The first-order valence-electron chi connectivity index (χ1n) is 4.12. The molecule has 0 bridgehead atoms. The maximum Gasteiger partial charge on any atom is 0.237 e. The van der Waals surface area contributed by atoms with Crippen LogP contribution in [-0.4, -0.2) is 18.5 Å². The van der Waals surface area contributed by atoms with Crippen molar-refractivity contribution >= 4 is 5.91 Å². The van der Waals surface area contributed by atoms with Crippen molar-refractivity contribution in [3.05, 3.63) is 0 Å². The Morgan fingerprint density at radius 3 is 2.45 bits per heavy atom. The smallest absolute Gasteiger partial charge is 0.237 e. The predicted molar refractivity (Wildman–Crippen MR) is 46.1 cm³/mol. The van der Waals surface area contributed by atoms with Gasteiger partial charge in [0.1, 0.15) is 0 Å². The van der Waals surface area contributed by atoms with Gasteiger partial charge in [-0.3, -0.25) is 4.79 Å². The van der Waals surface area contributed by atoms with Gasteiger partial charge in [-0.2, -0.15) is 0 Å². The Bertz CT molecular complexity index is 123. The van der Waals surface area contributed by atoms with Gasteiger partial charge >= 0.3 is 0 Å². The summed E-state index contributed by atoms with van der Waals surface area (Å²) in [5, 5.41) is 2.75. The summed E-state index contributed by atoms with van der Waals surface area (Å²) in [5.74, 6) is 0.175. The Balaban J connectivity index is 3.64. The molecule has 1 unspecified atom stereocenters. The number of hydrogen-bond acceptors (Lipinski definition) is 2. The van der Waals surface area contributed by atoms with E-state index >= 15 is 0 Å². The Morgan fingerprint density at radius 1 is 1.55 bits per heavy atom. The van der Waals surface area contributed by atoms with Crippen LogP contribution in [0.4, 0.5) is 0 Å².